The van der Waals surface area contributed by atoms with Gasteiger partial charge in [0.25, 0.3) is 0 Å². The third-order valence-electron chi connectivity index (χ3n) is 3.74. The Labute approximate surface area is 90.8 Å². The second-order valence-electron chi connectivity index (χ2n) is 5.28. The first-order valence-corrected chi connectivity index (χ1v) is 5.81. The monoisotopic (exact) mass is 213 g/mol. The molecule has 1 saturated carbocycles. The molecule has 3 heteroatoms. The molecule has 0 spiro atoms. The Bertz CT molecular complexity index is 262. The smallest absolute Gasteiger partial charge is 0.0866 e. The average Bonchev–Trinajstić information content (AvgIpc) is 3.02. The van der Waals surface area contributed by atoms with Crippen molar-refractivity contribution >= 4 is 0 Å². The molecule has 0 radical (unpaired) electrons. The van der Waals surface area contributed by atoms with E-state index in [-0.39, 0.29) is 12.0 Å². The summed E-state index contributed by atoms with van der Waals surface area (Å²) in [5.41, 5.74) is 0.416. The zero-order chi connectivity index (χ0) is 10.9. The van der Waals surface area contributed by atoms with E-state index in [9.17, 15) is 9.50 Å². The number of hydrogen-bond donors (Lipinski definition) is 1. The number of halogens is 1. The van der Waals surface area contributed by atoms with Crippen LogP contribution in [0.1, 0.15) is 26.2 Å². The van der Waals surface area contributed by atoms with Crippen LogP contribution in [0.3, 0.4) is 0 Å². The van der Waals surface area contributed by atoms with Crippen molar-refractivity contribution in [2.75, 3.05) is 26.2 Å². The highest BCUT2D eigenvalue weighted by molar-refractivity contribution is 5.15. The maximum absolute atomic E-state index is 12.7. The summed E-state index contributed by atoms with van der Waals surface area (Å²) in [7, 11) is 0. The SMILES string of the molecule is CC1(CO)CN(CC2CC2)CC/C1=C\F. The molecule has 2 nitrogen and oxygen atoms in total. The lowest BCUT2D eigenvalue weighted by Gasteiger charge is -2.41. The lowest BCUT2D eigenvalue weighted by atomic mass is 9.78. The molecule has 0 aromatic rings. The summed E-state index contributed by atoms with van der Waals surface area (Å²) in [6, 6.07) is 0. The average molecular weight is 213 g/mol. The van der Waals surface area contributed by atoms with Crippen LogP contribution in [0.2, 0.25) is 0 Å². The number of rotatable bonds is 3. The van der Waals surface area contributed by atoms with E-state index >= 15 is 0 Å². The van der Waals surface area contributed by atoms with E-state index in [1.165, 1.54) is 12.8 Å². The molecule has 2 fully saturated rings. The maximum atomic E-state index is 12.7. The minimum absolute atomic E-state index is 0.0456. The van der Waals surface area contributed by atoms with E-state index in [0.717, 1.165) is 37.5 Å². The molecular formula is C12H20FNO. The fraction of sp³-hybridized carbons (Fsp3) is 0.833. The Morgan fingerprint density at radius 2 is 2.33 bits per heavy atom. The van der Waals surface area contributed by atoms with Crippen LogP contribution in [-0.4, -0.2) is 36.2 Å². The Kier molecular flexibility index (Phi) is 3.12. The van der Waals surface area contributed by atoms with Gasteiger partial charge < -0.3 is 10.0 Å². The summed E-state index contributed by atoms with van der Waals surface area (Å²) < 4.78 is 12.7. The molecule has 2 aliphatic rings. The third-order valence-corrected chi connectivity index (χ3v) is 3.74. The lowest BCUT2D eigenvalue weighted by molar-refractivity contribution is 0.0854. The van der Waals surface area contributed by atoms with Gasteiger partial charge in [0.2, 0.25) is 0 Å². The van der Waals surface area contributed by atoms with Crippen LogP contribution in [-0.2, 0) is 0 Å². The molecule has 2 rings (SSSR count). The molecule has 1 aliphatic carbocycles. The van der Waals surface area contributed by atoms with Gasteiger partial charge in [-0.15, -0.1) is 0 Å². The summed E-state index contributed by atoms with van der Waals surface area (Å²) in [5, 5.41) is 9.39. The number of nitrogens with zero attached hydrogens (tertiary/aromatic N) is 1. The normalized spacial score (nSPS) is 36.1. The van der Waals surface area contributed by atoms with Gasteiger partial charge in [-0.3, -0.25) is 0 Å². The second kappa shape index (κ2) is 4.22. The molecule has 0 bridgehead atoms. The van der Waals surface area contributed by atoms with Gasteiger partial charge in [0, 0.05) is 25.0 Å². The molecule has 1 heterocycles. The highest BCUT2D eigenvalue weighted by Crippen LogP contribution is 2.37. The van der Waals surface area contributed by atoms with Crippen LogP contribution in [0.5, 0.6) is 0 Å². The van der Waals surface area contributed by atoms with Gasteiger partial charge in [-0.1, -0.05) is 6.92 Å². The zero-order valence-electron chi connectivity index (χ0n) is 9.38. The van der Waals surface area contributed by atoms with Crippen LogP contribution in [0, 0.1) is 11.3 Å². The van der Waals surface area contributed by atoms with E-state index in [1.807, 2.05) is 6.92 Å². The van der Waals surface area contributed by atoms with Gasteiger partial charge in [-0.2, -0.15) is 0 Å². The van der Waals surface area contributed by atoms with Crippen LogP contribution in [0.15, 0.2) is 11.9 Å². The van der Waals surface area contributed by atoms with Gasteiger partial charge >= 0.3 is 0 Å². The quantitative estimate of drug-likeness (QED) is 0.774. The molecular weight excluding hydrogens is 193 g/mol. The number of piperidine rings is 1. The minimum Gasteiger partial charge on any atom is -0.395 e. The lowest BCUT2D eigenvalue weighted by Crippen LogP contribution is -2.45. The van der Waals surface area contributed by atoms with Crippen LogP contribution < -0.4 is 0 Å². The molecule has 1 atom stereocenters. The number of aliphatic hydroxyl groups is 1. The molecule has 1 unspecified atom stereocenters. The molecule has 86 valence electrons. The Morgan fingerprint density at radius 3 is 2.87 bits per heavy atom. The van der Waals surface area contributed by atoms with E-state index in [4.69, 9.17) is 0 Å². The van der Waals surface area contributed by atoms with E-state index < -0.39 is 0 Å². The standard InChI is InChI=1S/C12H20FNO/c1-12(9-15)8-14(7-10-2-3-10)5-4-11(12)6-13/h6,10,15H,2-5,7-9H2,1H3/b11-6+. The Morgan fingerprint density at radius 1 is 1.60 bits per heavy atom. The fourth-order valence-electron chi connectivity index (χ4n) is 2.41. The summed E-state index contributed by atoms with van der Waals surface area (Å²) in [4.78, 5) is 2.38. The number of aliphatic hydroxyl groups excluding tert-OH is 1. The van der Waals surface area contributed by atoms with Gasteiger partial charge in [0.15, 0.2) is 0 Å². The molecule has 0 amide bonds. The zero-order valence-corrected chi connectivity index (χ0v) is 9.38. The predicted octanol–water partition coefficient (Wildman–Crippen LogP) is 1.95. The first-order chi connectivity index (χ1) is 7.18. The topological polar surface area (TPSA) is 23.5 Å². The van der Waals surface area contributed by atoms with Crippen molar-refractivity contribution in [3.05, 3.63) is 11.9 Å². The van der Waals surface area contributed by atoms with E-state index in [1.54, 1.807) is 0 Å². The number of likely N-dealkylation sites (tertiary alicyclic amines) is 1. The fourth-order valence-corrected chi connectivity index (χ4v) is 2.41. The molecule has 1 aliphatic heterocycles. The first kappa shape index (κ1) is 11.1. The second-order valence-corrected chi connectivity index (χ2v) is 5.28. The van der Waals surface area contributed by atoms with Crippen molar-refractivity contribution < 1.29 is 9.50 Å². The van der Waals surface area contributed by atoms with Crippen molar-refractivity contribution in [1.29, 1.82) is 0 Å². The highest BCUT2D eigenvalue weighted by Gasteiger charge is 2.36. The van der Waals surface area contributed by atoms with Crippen molar-refractivity contribution in [2.45, 2.75) is 26.2 Å². The molecule has 15 heavy (non-hydrogen) atoms. The first-order valence-electron chi connectivity index (χ1n) is 5.81. The van der Waals surface area contributed by atoms with Crippen molar-refractivity contribution in [1.82, 2.24) is 4.90 Å². The van der Waals surface area contributed by atoms with Crippen LogP contribution in [0.4, 0.5) is 4.39 Å². The van der Waals surface area contributed by atoms with Gasteiger partial charge in [-0.05, 0) is 30.8 Å². The van der Waals surface area contributed by atoms with Crippen molar-refractivity contribution in [3.8, 4) is 0 Å². The van der Waals surface area contributed by atoms with Crippen LogP contribution in [0.25, 0.3) is 0 Å². The summed E-state index contributed by atoms with van der Waals surface area (Å²) >= 11 is 0. The predicted molar refractivity (Wildman–Crippen MR) is 58.2 cm³/mol. The third kappa shape index (κ3) is 2.40. The van der Waals surface area contributed by atoms with Crippen LogP contribution >= 0.6 is 0 Å². The molecule has 0 aromatic heterocycles. The van der Waals surface area contributed by atoms with Gasteiger partial charge in [-0.25, -0.2) is 4.39 Å². The van der Waals surface area contributed by atoms with Gasteiger partial charge in [0.1, 0.15) is 0 Å². The molecule has 0 aromatic carbocycles. The van der Waals surface area contributed by atoms with Crippen molar-refractivity contribution in [2.24, 2.45) is 11.3 Å². The maximum Gasteiger partial charge on any atom is 0.0866 e. The van der Waals surface area contributed by atoms with Gasteiger partial charge in [0.05, 0.1) is 12.9 Å². The summed E-state index contributed by atoms with van der Waals surface area (Å²) in [5.74, 6) is 0.865. The highest BCUT2D eigenvalue weighted by atomic mass is 19.1. The van der Waals surface area contributed by atoms with E-state index in [2.05, 4.69) is 4.90 Å². The van der Waals surface area contributed by atoms with Crippen molar-refractivity contribution in [3.63, 3.8) is 0 Å². The molecule has 1 N–H and O–H groups in total. The largest absolute Gasteiger partial charge is 0.395 e. The summed E-state index contributed by atoms with van der Waals surface area (Å²) in [6.07, 6.45) is 4.15. The molecule has 1 saturated heterocycles. The van der Waals surface area contributed by atoms with E-state index in [0.29, 0.717) is 6.33 Å². The minimum atomic E-state index is -0.359. The summed E-state index contributed by atoms with van der Waals surface area (Å²) in [6.45, 7) is 4.88. The number of hydrogen-bond acceptors (Lipinski definition) is 2. The Balaban J connectivity index is 1.98. The Hall–Kier alpha value is -0.410.